The van der Waals surface area contributed by atoms with Crippen LogP contribution in [0.3, 0.4) is 0 Å². The van der Waals surface area contributed by atoms with Crippen molar-refractivity contribution in [2.24, 2.45) is 0 Å². The first-order chi connectivity index (χ1) is 8.43. The maximum absolute atomic E-state index is 5.35. The Morgan fingerprint density at radius 1 is 1.18 bits per heavy atom. The molecule has 94 valence electrons. The van der Waals surface area contributed by atoms with Crippen LogP contribution < -0.4 is 0 Å². The van der Waals surface area contributed by atoms with Gasteiger partial charge in [0, 0.05) is 13.1 Å². The zero-order valence-electron chi connectivity index (χ0n) is 10.1. The number of nitrogens with zero attached hydrogens (tertiary/aromatic N) is 5. The highest BCUT2D eigenvalue weighted by Crippen LogP contribution is 2.29. The maximum Gasteiger partial charge on any atom is 0.165 e. The first-order valence-corrected chi connectivity index (χ1v) is 6.50. The number of aromatic nitrogens is 4. The van der Waals surface area contributed by atoms with Gasteiger partial charge in [0.05, 0.1) is 25.8 Å². The second-order valence-electron chi connectivity index (χ2n) is 4.87. The molecule has 2 fully saturated rings. The molecule has 1 aromatic heterocycles. The van der Waals surface area contributed by atoms with E-state index in [1.807, 2.05) is 4.68 Å². The van der Waals surface area contributed by atoms with Crippen LogP contribution in [0.5, 0.6) is 0 Å². The van der Waals surface area contributed by atoms with E-state index in [-0.39, 0.29) is 0 Å². The summed E-state index contributed by atoms with van der Waals surface area (Å²) in [5.41, 5.74) is 0. The number of morpholine rings is 1. The van der Waals surface area contributed by atoms with Crippen LogP contribution in [-0.4, -0.2) is 51.4 Å². The summed E-state index contributed by atoms with van der Waals surface area (Å²) in [6, 6.07) is 0.529. The van der Waals surface area contributed by atoms with E-state index in [0.717, 1.165) is 38.7 Å². The summed E-state index contributed by atoms with van der Waals surface area (Å²) in [7, 11) is 0. The topological polar surface area (TPSA) is 56.1 Å². The van der Waals surface area contributed by atoms with Crippen LogP contribution in [0.4, 0.5) is 0 Å². The first kappa shape index (κ1) is 11.1. The van der Waals surface area contributed by atoms with Gasteiger partial charge in [-0.15, -0.1) is 5.10 Å². The third-order valence-corrected chi connectivity index (χ3v) is 3.70. The summed E-state index contributed by atoms with van der Waals surface area (Å²) < 4.78 is 7.39. The van der Waals surface area contributed by atoms with Gasteiger partial charge in [-0.3, -0.25) is 4.90 Å². The summed E-state index contributed by atoms with van der Waals surface area (Å²) in [5.74, 6) is 1.01. The number of tetrazole rings is 1. The van der Waals surface area contributed by atoms with E-state index in [0.29, 0.717) is 6.04 Å². The van der Waals surface area contributed by atoms with Gasteiger partial charge >= 0.3 is 0 Å². The molecular weight excluding hydrogens is 218 g/mol. The van der Waals surface area contributed by atoms with Gasteiger partial charge in [-0.1, -0.05) is 12.8 Å². The molecule has 6 nitrogen and oxygen atoms in total. The molecule has 0 atom stereocenters. The lowest BCUT2D eigenvalue weighted by molar-refractivity contribution is 0.0322. The molecule has 2 heterocycles. The van der Waals surface area contributed by atoms with E-state index in [9.17, 15) is 0 Å². The fourth-order valence-electron chi connectivity index (χ4n) is 2.71. The third-order valence-electron chi connectivity index (χ3n) is 3.70. The van der Waals surface area contributed by atoms with Crippen molar-refractivity contribution in [1.29, 1.82) is 0 Å². The fraction of sp³-hybridized carbons (Fsp3) is 0.909. The molecule has 6 heteroatoms. The predicted octanol–water partition coefficient (Wildman–Crippen LogP) is 0.620. The molecule has 3 rings (SSSR count). The summed E-state index contributed by atoms with van der Waals surface area (Å²) >= 11 is 0. The molecular formula is C11H19N5O. The average Bonchev–Trinajstić information content (AvgIpc) is 3.00. The van der Waals surface area contributed by atoms with Gasteiger partial charge < -0.3 is 4.74 Å². The molecule has 0 spiro atoms. The quantitative estimate of drug-likeness (QED) is 0.771. The lowest BCUT2D eigenvalue weighted by atomic mass is 10.2. The number of rotatable bonds is 3. The highest BCUT2D eigenvalue weighted by atomic mass is 16.5. The standard InChI is InChI=1S/C11H19N5O/c1-2-4-10(3-1)16-11(12-13-14-16)9-15-5-7-17-8-6-15/h10H,1-9H2. The second kappa shape index (κ2) is 5.10. The minimum atomic E-state index is 0.529. The maximum atomic E-state index is 5.35. The van der Waals surface area contributed by atoms with Crippen molar-refractivity contribution in [2.45, 2.75) is 38.3 Å². The summed E-state index contributed by atoms with van der Waals surface area (Å²) in [5, 5.41) is 12.2. The Bertz CT molecular complexity index is 354. The summed E-state index contributed by atoms with van der Waals surface area (Å²) in [6.07, 6.45) is 5.06. The Hall–Kier alpha value is -1.01. The van der Waals surface area contributed by atoms with Crippen LogP contribution in [0.25, 0.3) is 0 Å². The monoisotopic (exact) mass is 237 g/mol. The smallest absolute Gasteiger partial charge is 0.165 e. The van der Waals surface area contributed by atoms with Gasteiger partial charge in [0.15, 0.2) is 5.82 Å². The first-order valence-electron chi connectivity index (χ1n) is 6.50. The van der Waals surface area contributed by atoms with Crippen LogP contribution >= 0.6 is 0 Å². The molecule has 0 bridgehead atoms. The highest BCUT2D eigenvalue weighted by Gasteiger charge is 2.22. The van der Waals surface area contributed by atoms with Gasteiger partial charge in [-0.2, -0.15) is 0 Å². The molecule has 2 aliphatic rings. The average molecular weight is 237 g/mol. The molecule has 1 aromatic rings. The number of hydrogen-bond acceptors (Lipinski definition) is 5. The Morgan fingerprint density at radius 3 is 2.71 bits per heavy atom. The van der Waals surface area contributed by atoms with Crippen LogP contribution in [0.2, 0.25) is 0 Å². The largest absolute Gasteiger partial charge is 0.379 e. The van der Waals surface area contributed by atoms with E-state index in [4.69, 9.17) is 4.74 Å². The number of hydrogen-bond donors (Lipinski definition) is 0. The van der Waals surface area contributed by atoms with Crippen molar-refractivity contribution in [3.05, 3.63) is 5.82 Å². The summed E-state index contributed by atoms with van der Waals surface area (Å²) in [4.78, 5) is 2.36. The Labute approximate surface area is 101 Å². The normalized spacial score (nSPS) is 23.3. The van der Waals surface area contributed by atoms with E-state index < -0.39 is 0 Å². The molecule has 1 aliphatic carbocycles. The second-order valence-corrected chi connectivity index (χ2v) is 4.87. The van der Waals surface area contributed by atoms with E-state index in [1.54, 1.807) is 0 Å². The van der Waals surface area contributed by atoms with Crippen LogP contribution in [0, 0.1) is 0 Å². The van der Waals surface area contributed by atoms with E-state index >= 15 is 0 Å². The van der Waals surface area contributed by atoms with Gasteiger partial charge in [0.2, 0.25) is 0 Å². The van der Waals surface area contributed by atoms with Crippen molar-refractivity contribution in [1.82, 2.24) is 25.1 Å². The van der Waals surface area contributed by atoms with Gasteiger partial charge in [0.1, 0.15) is 0 Å². The molecule has 0 unspecified atom stereocenters. The molecule has 1 aliphatic heterocycles. The lowest BCUT2D eigenvalue weighted by Crippen LogP contribution is -2.36. The van der Waals surface area contributed by atoms with Crippen LogP contribution in [0.15, 0.2) is 0 Å². The van der Waals surface area contributed by atoms with Gasteiger partial charge in [-0.05, 0) is 23.3 Å². The zero-order chi connectivity index (χ0) is 11.5. The Morgan fingerprint density at radius 2 is 1.94 bits per heavy atom. The molecule has 1 saturated heterocycles. The van der Waals surface area contributed by atoms with Crippen molar-refractivity contribution in [3.63, 3.8) is 0 Å². The van der Waals surface area contributed by atoms with E-state index in [2.05, 4.69) is 20.4 Å². The molecule has 17 heavy (non-hydrogen) atoms. The zero-order valence-corrected chi connectivity index (χ0v) is 10.1. The predicted molar refractivity (Wildman–Crippen MR) is 61.4 cm³/mol. The molecule has 1 saturated carbocycles. The van der Waals surface area contributed by atoms with Crippen molar-refractivity contribution in [2.75, 3.05) is 26.3 Å². The molecule has 0 amide bonds. The lowest BCUT2D eigenvalue weighted by Gasteiger charge is -2.26. The minimum Gasteiger partial charge on any atom is -0.379 e. The van der Waals surface area contributed by atoms with Crippen molar-refractivity contribution in [3.8, 4) is 0 Å². The fourth-order valence-corrected chi connectivity index (χ4v) is 2.71. The highest BCUT2D eigenvalue weighted by molar-refractivity contribution is 4.87. The van der Waals surface area contributed by atoms with Crippen LogP contribution in [-0.2, 0) is 11.3 Å². The SMILES string of the molecule is C1CCC(n2nnnc2CN2CCOCC2)C1. The van der Waals surface area contributed by atoms with E-state index in [1.165, 1.54) is 25.7 Å². The Kier molecular flexibility index (Phi) is 3.33. The summed E-state index contributed by atoms with van der Waals surface area (Å²) in [6.45, 7) is 4.47. The molecule has 0 radical (unpaired) electrons. The van der Waals surface area contributed by atoms with Gasteiger partial charge in [-0.25, -0.2) is 4.68 Å². The van der Waals surface area contributed by atoms with Crippen molar-refractivity contribution < 1.29 is 4.74 Å². The minimum absolute atomic E-state index is 0.529. The molecule has 0 aromatic carbocycles. The van der Waals surface area contributed by atoms with Gasteiger partial charge in [0.25, 0.3) is 0 Å². The third kappa shape index (κ3) is 2.47. The van der Waals surface area contributed by atoms with Crippen molar-refractivity contribution >= 4 is 0 Å². The Balaban J connectivity index is 1.67. The van der Waals surface area contributed by atoms with Crippen LogP contribution in [0.1, 0.15) is 37.5 Å². The molecule has 0 N–H and O–H groups in total. The number of ether oxygens (including phenoxy) is 1.